The Morgan fingerprint density at radius 3 is 2.75 bits per heavy atom. The summed E-state index contributed by atoms with van der Waals surface area (Å²) < 4.78 is 16.8. The fraction of sp³-hybridized carbons (Fsp3) is 0.435. The molecule has 2 aliphatic rings. The molecule has 2 aromatic rings. The summed E-state index contributed by atoms with van der Waals surface area (Å²) in [5, 5.41) is 2.93. The van der Waals surface area contributed by atoms with Gasteiger partial charge in [0.25, 0.3) is 5.91 Å². The number of piperidine rings is 1. The fourth-order valence-corrected chi connectivity index (χ4v) is 4.01. The van der Waals surface area contributed by atoms with Crippen LogP contribution >= 0.6 is 0 Å². The third kappa shape index (κ3) is 4.77. The maximum atomic E-state index is 12.6. The SMILES string of the molecule is COc1nc(-c2cccc3c2OC(C(N)=O)CO3)ccc1NC(=O)CC1CCN(C)CC1. The Kier molecular flexibility index (Phi) is 6.45. The maximum Gasteiger partial charge on any atom is 0.262 e. The molecule has 1 fully saturated rings. The van der Waals surface area contributed by atoms with Gasteiger partial charge in [0.15, 0.2) is 11.5 Å². The first kappa shape index (κ1) is 21.9. The minimum Gasteiger partial charge on any atom is -0.485 e. The average Bonchev–Trinajstić information content (AvgIpc) is 2.80. The number of methoxy groups -OCH3 is 1. The Labute approximate surface area is 186 Å². The van der Waals surface area contributed by atoms with Crippen LogP contribution < -0.4 is 25.3 Å². The van der Waals surface area contributed by atoms with E-state index in [0.29, 0.717) is 46.7 Å². The number of primary amides is 1. The van der Waals surface area contributed by atoms with Crippen molar-refractivity contribution in [3.63, 3.8) is 0 Å². The summed E-state index contributed by atoms with van der Waals surface area (Å²) >= 11 is 0. The van der Waals surface area contributed by atoms with Gasteiger partial charge in [-0.3, -0.25) is 9.59 Å². The van der Waals surface area contributed by atoms with Gasteiger partial charge in [-0.15, -0.1) is 0 Å². The minimum absolute atomic E-state index is 0.0504. The lowest BCUT2D eigenvalue weighted by molar-refractivity contribution is -0.127. The molecule has 0 radical (unpaired) electrons. The first-order valence-corrected chi connectivity index (χ1v) is 10.7. The Morgan fingerprint density at radius 2 is 2.03 bits per heavy atom. The van der Waals surface area contributed by atoms with Crippen LogP contribution in [0.2, 0.25) is 0 Å². The lowest BCUT2D eigenvalue weighted by Crippen LogP contribution is -2.41. The second kappa shape index (κ2) is 9.44. The van der Waals surface area contributed by atoms with Gasteiger partial charge in [0.2, 0.25) is 17.9 Å². The number of hydrogen-bond acceptors (Lipinski definition) is 7. The van der Waals surface area contributed by atoms with E-state index in [-0.39, 0.29) is 12.5 Å². The standard InChI is InChI=1S/C23H28N4O5/c1-27-10-8-14(9-11-27)12-20(28)25-17-7-6-16(26-23(17)30-2)15-4-3-5-18-21(15)32-19(13-31-18)22(24)29/h3-7,14,19H,8-13H2,1-2H3,(H2,24,29)(H,25,28). The molecule has 2 aliphatic heterocycles. The van der Waals surface area contributed by atoms with Crippen molar-refractivity contribution in [2.45, 2.75) is 25.4 Å². The van der Waals surface area contributed by atoms with Crippen LogP contribution in [0.1, 0.15) is 19.3 Å². The zero-order valence-electron chi connectivity index (χ0n) is 18.3. The summed E-state index contributed by atoms with van der Waals surface area (Å²) in [7, 11) is 3.60. The lowest BCUT2D eigenvalue weighted by Gasteiger charge is -2.28. The maximum absolute atomic E-state index is 12.6. The number of pyridine rings is 1. The van der Waals surface area contributed by atoms with Gasteiger partial charge in [-0.2, -0.15) is 0 Å². The number of ether oxygens (including phenoxy) is 3. The molecule has 1 saturated heterocycles. The number of nitrogens with one attached hydrogen (secondary N) is 1. The summed E-state index contributed by atoms with van der Waals surface area (Å²) in [5.41, 5.74) is 7.07. The van der Waals surface area contributed by atoms with E-state index >= 15 is 0 Å². The number of nitrogens with two attached hydrogens (primary N) is 1. The molecule has 1 aromatic carbocycles. The molecule has 3 N–H and O–H groups in total. The first-order chi connectivity index (χ1) is 15.4. The summed E-state index contributed by atoms with van der Waals surface area (Å²) in [6, 6.07) is 8.90. The molecule has 2 amide bonds. The van der Waals surface area contributed by atoms with Gasteiger partial charge in [0.1, 0.15) is 12.3 Å². The summed E-state index contributed by atoms with van der Waals surface area (Å²) in [6.07, 6.45) is 1.64. The molecule has 9 heteroatoms. The van der Waals surface area contributed by atoms with Crippen LogP contribution in [0.3, 0.4) is 0 Å². The minimum atomic E-state index is -0.872. The highest BCUT2D eigenvalue weighted by Crippen LogP contribution is 2.41. The Bertz CT molecular complexity index is 1000. The molecule has 4 rings (SSSR count). The van der Waals surface area contributed by atoms with E-state index in [1.165, 1.54) is 7.11 Å². The van der Waals surface area contributed by atoms with Crippen LogP contribution in [0.15, 0.2) is 30.3 Å². The zero-order valence-corrected chi connectivity index (χ0v) is 18.3. The lowest BCUT2D eigenvalue weighted by atomic mass is 9.93. The van der Waals surface area contributed by atoms with E-state index in [9.17, 15) is 9.59 Å². The summed E-state index contributed by atoms with van der Waals surface area (Å²) in [6.45, 7) is 2.09. The number of fused-ring (bicyclic) bond motifs is 1. The van der Waals surface area contributed by atoms with Crippen molar-refractivity contribution in [1.82, 2.24) is 9.88 Å². The second-order valence-electron chi connectivity index (χ2n) is 8.20. The van der Waals surface area contributed by atoms with Crippen LogP contribution in [0, 0.1) is 5.92 Å². The molecular weight excluding hydrogens is 412 g/mol. The van der Waals surface area contributed by atoms with Crippen LogP contribution in [-0.2, 0) is 9.59 Å². The van der Waals surface area contributed by atoms with E-state index in [1.807, 2.05) is 12.1 Å². The van der Waals surface area contributed by atoms with Gasteiger partial charge in [-0.1, -0.05) is 6.07 Å². The normalized spacial score (nSPS) is 18.8. The summed E-state index contributed by atoms with van der Waals surface area (Å²) in [5.74, 6) is 0.937. The molecule has 1 atom stereocenters. The third-order valence-electron chi connectivity index (χ3n) is 5.86. The molecule has 0 aliphatic carbocycles. The highest BCUT2D eigenvalue weighted by atomic mass is 16.6. The molecule has 0 spiro atoms. The van der Waals surface area contributed by atoms with E-state index < -0.39 is 12.0 Å². The van der Waals surface area contributed by atoms with Crippen molar-refractivity contribution in [3.05, 3.63) is 30.3 Å². The molecule has 9 nitrogen and oxygen atoms in total. The van der Waals surface area contributed by atoms with Crippen LogP contribution in [0.25, 0.3) is 11.3 Å². The van der Waals surface area contributed by atoms with Gasteiger partial charge in [0, 0.05) is 12.0 Å². The largest absolute Gasteiger partial charge is 0.485 e. The van der Waals surface area contributed by atoms with Crippen molar-refractivity contribution < 1.29 is 23.8 Å². The van der Waals surface area contributed by atoms with Crippen molar-refractivity contribution in [2.75, 3.05) is 39.2 Å². The van der Waals surface area contributed by atoms with Crippen molar-refractivity contribution in [3.8, 4) is 28.6 Å². The number of aromatic nitrogens is 1. The second-order valence-corrected chi connectivity index (χ2v) is 8.20. The zero-order chi connectivity index (χ0) is 22.7. The number of carbonyl (C=O) groups is 2. The molecule has 3 heterocycles. The number of anilines is 1. The number of benzene rings is 1. The number of para-hydroxylation sites is 1. The van der Waals surface area contributed by atoms with E-state index in [4.69, 9.17) is 19.9 Å². The Morgan fingerprint density at radius 1 is 1.25 bits per heavy atom. The average molecular weight is 441 g/mol. The summed E-state index contributed by atoms with van der Waals surface area (Å²) in [4.78, 5) is 31.0. The van der Waals surface area contributed by atoms with E-state index in [1.54, 1.807) is 18.2 Å². The van der Waals surface area contributed by atoms with Crippen LogP contribution in [0.4, 0.5) is 5.69 Å². The predicted octanol–water partition coefficient (Wildman–Crippen LogP) is 2.05. The quantitative estimate of drug-likeness (QED) is 0.706. The van der Waals surface area contributed by atoms with Crippen LogP contribution in [-0.4, -0.2) is 61.7 Å². The Hall–Kier alpha value is -3.33. The Balaban J connectivity index is 1.52. The first-order valence-electron chi connectivity index (χ1n) is 10.7. The molecule has 32 heavy (non-hydrogen) atoms. The predicted molar refractivity (Wildman–Crippen MR) is 119 cm³/mol. The fourth-order valence-electron chi connectivity index (χ4n) is 4.01. The number of hydrogen-bond donors (Lipinski definition) is 2. The number of likely N-dealkylation sites (tertiary alicyclic amines) is 1. The van der Waals surface area contributed by atoms with Gasteiger partial charge >= 0.3 is 0 Å². The van der Waals surface area contributed by atoms with E-state index in [0.717, 1.165) is 25.9 Å². The highest BCUT2D eigenvalue weighted by Gasteiger charge is 2.28. The molecule has 1 aromatic heterocycles. The number of amides is 2. The van der Waals surface area contributed by atoms with Crippen molar-refractivity contribution in [1.29, 1.82) is 0 Å². The highest BCUT2D eigenvalue weighted by molar-refractivity contribution is 5.92. The molecule has 0 saturated carbocycles. The van der Waals surface area contributed by atoms with Crippen molar-refractivity contribution in [2.24, 2.45) is 11.7 Å². The topological polar surface area (TPSA) is 116 Å². The third-order valence-corrected chi connectivity index (χ3v) is 5.86. The van der Waals surface area contributed by atoms with Gasteiger partial charge in [0.05, 0.1) is 12.8 Å². The van der Waals surface area contributed by atoms with E-state index in [2.05, 4.69) is 22.2 Å². The number of nitrogens with zero attached hydrogens (tertiary/aromatic N) is 2. The van der Waals surface area contributed by atoms with Crippen molar-refractivity contribution >= 4 is 17.5 Å². The molecule has 1 unspecified atom stereocenters. The van der Waals surface area contributed by atoms with Crippen LogP contribution in [0.5, 0.6) is 17.4 Å². The molecular formula is C23H28N4O5. The smallest absolute Gasteiger partial charge is 0.262 e. The number of carbonyl (C=O) groups excluding carboxylic acids is 2. The van der Waals surface area contributed by atoms with Gasteiger partial charge in [-0.05, 0) is 63.2 Å². The van der Waals surface area contributed by atoms with Gasteiger partial charge in [-0.25, -0.2) is 4.98 Å². The molecule has 170 valence electrons. The number of rotatable bonds is 6. The van der Waals surface area contributed by atoms with Gasteiger partial charge < -0.3 is 30.2 Å². The molecule has 0 bridgehead atoms. The monoisotopic (exact) mass is 440 g/mol.